The molecule has 0 radical (unpaired) electrons. The van der Waals surface area contributed by atoms with Gasteiger partial charge in [0, 0.05) is 19.0 Å². The molecule has 1 heterocycles. The third-order valence-corrected chi connectivity index (χ3v) is 2.51. The van der Waals surface area contributed by atoms with Gasteiger partial charge in [-0.05, 0) is 12.8 Å². The van der Waals surface area contributed by atoms with Gasteiger partial charge in [0.25, 0.3) is 0 Å². The molecule has 0 N–H and O–H groups in total. The van der Waals surface area contributed by atoms with E-state index < -0.39 is 12.3 Å². The number of likely N-dealkylation sites (tertiary alicyclic amines) is 1. The van der Waals surface area contributed by atoms with Gasteiger partial charge in [0.2, 0.25) is 12.3 Å². The summed E-state index contributed by atoms with van der Waals surface area (Å²) in [6, 6.07) is 0. The number of amides is 1. The van der Waals surface area contributed by atoms with Crippen LogP contribution in [-0.2, 0) is 4.79 Å². The molecule has 1 fully saturated rings. The van der Waals surface area contributed by atoms with Gasteiger partial charge < -0.3 is 4.90 Å². The largest absolute Gasteiger partial charge is 0.341 e. The van der Waals surface area contributed by atoms with Crippen molar-refractivity contribution in [1.29, 1.82) is 0 Å². The van der Waals surface area contributed by atoms with Gasteiger partial charge in [-0.3, -0.25) is 4.79 Å². The Morgan fingerprint density at radius 1 is 1.62 bits per heavy atom. The fourth-order valence-corrected chi connectivity index (χ4v) is 1.70. The highest BCUT2D eigenvalue weighted by atomic mass is 35.5. The van der Waals surface area contributed by atoms with Gasteiger partial charge in [0.15, 0.2) is 0 Å². The Hall–Kier alpha value is -0.380. The Kier molecular flexibility index (Phi) is 3.90. The molecule has 0 aromatic heterocycles. The first-order valence-electron chi connectivity index (χ1n) is 4.27. The van der Waals surface area contributed by atoms with E-state index in [9.17, 15) is 13.6 Å². The first-order valence-corrected chi connectivity index (χ1v) is 4.80. The van der Waals surface area contributed by atoms with E-state index >= 15 is 0 Å². The van der Waals surface area contributed by atoms with Crippen LogP contribution in [0.2, 0.25) is 0 Å². The molecule has 0 aromatic rings. The number of carbonyl (C=O) groups is 1. The summed E-state index contributed by atoms with van der Waals surface area (Å²) in [5, 5.41) is 0. The lowest BCUT2D eigenvalue weighted by atomic mass is 9.99. The molecule has 13 heavy (non-hydrogen) atoms. The van der Waals surface area contributed by atoms with E-state index in [4.69, 9.17) is 11.6 Å². The highest BCUT2D eigenvalue weighted by Gasteiger charge is 2.28. The van der Waals surface area contributed by atoms with Crippen LogP contribution < -0.4 is 0 Å². The van der Waals surface area contributed by atoms with Crippen molar-refractivity contribution in [2.24, 2.45) is 5.92 Å². The summed E-state index contributed by atoms with van der Waals surface area (Å²) in [5.41, 5.74) is 0. The highest BCUT2D eigenvalue weighted by Crippen LogP contribution is 2.22. The Morgan fingerprint density at radius 3 is 2.85 bits per heavy atom. The van der Waals surface area contributed by atoms with Gasteiger partial charge in [-0.1, -0.05) is 0 Å². The van der Waals surface area contributed by atoms with E-state index in [0.717, 1.165) is 0 Å². The minimum absolute atomic E-state index is 0.115. The van der Waals surface area contributed by atoms with Crippen molar-refractivity contribution in [3.05, 3.63) is 0 Å². The molecule has 1 aliphatic heterocycles. The van der Waals surface area contributed by atoms with Crippen molar-refractivity contribution in [3.8, 4) is 0 Å². The van der Waals surface area contributed by atoms with Gasteiger partial charge in [-0.2, -0.15) is 0 Å². The molecule has 0 bridgehead atoms. The number of hydrogen-bond acceptors (Lipinski definition) is 1. The lowest BCUT2D eigenvalue weighted by Gasteiger charge is -2.31. The van der Waals surface area contributed by atoms with E-state index in [1.165, 1.54) is 4.90 Å². The Morgan fingerprint density at radius 2 is 2.31 bits per heavy atom. The molecule has 1 rings (SSSR count). The first kappa shape index (κ1) is 10.7. The van der Waals surface area contributed by atoms with Crippen molar-refractivity contribution in [1.82, 2.24) is 4.90 Å². The average molecular weight is 212 g/mol. The highest BCUT2D eigenvalue weighted by molar-refractivity contribution is 6.27. The van der Waals surface area contributed by atoms with Crippen LogP contribution in [0.5, 0.6) is 0 Å². The number of alkyl halides is 3. The number of nitrogens with zero attached hydrogens (tertiary/aromatic N) is 1. The maximum absolute atomic E-state index is 12.3. The van der Waals surface area contributed by atoms with Crippen LogP contribution in [-0.4, -0.2) is 36.2 Å². The van der Waals surface area contributed by atoms with Crippen LogP contribution in [0.15, 0.2) is 0 Å². The van der Waals surface area contributed by atoms with Gasteiger partial charge in [-0.25, -0.2) is 8.78 Å². The number of hydrogen-bond donors (Lipinski definition) is 0. The molecule has 1 aliphatic rings. The van der Waals surface area contributed by atoms with Crippen LogP contribution in [0.1, 0.15) is 12.8 Å². The molecule has 1 atom stereocenters. The lowest BCUT2D eigenvalue weighted by molar-refractivity contribution is -0.131. The van der Waals surface area contributed by atoms with Crippen molar-refractivity contribution >= 4 is 17.5 Å². The van der Waals surface area contributed by atoms with Crippen molar-refractivity contribution in [2.75, 3.05) is 19.0 Å². The molecule has 76 valence electrons. The normalized spacial score (nSPS) is 23.7. The molecule has 5 heteroatoms. The van der Waals surface area contributed by atoms with Crippen LogP contribution in [0.4, 0.5) is 8.78 Å². The quantitative estimate of drug-likeness (QED) is 0.637. The van der Waals surface area contributed by atoms with Crippen molar-refractivity contribution in [2.45, 2.75) is 19.3 Å². The summed E-state index contributed by atoms with van der Waals surface area (Å²) >= 11 is 5.33. The van der Waals surface area contributed by atoms with Crippen LogP contribution in [0.3, 0.4) is 0 Å². The fourth-order valence-electron chi connectivity index (χ4n) is 1.53. The Labute approximate surface area is 80.8 Å². The third-order valence-electron chi connectivity index (χ3n) is 2.28. The maximum atomic E-state index is 12.3. The van der Waals surface area contributed by atoms with Gasteiger partial charge in [-0.15, -0.1) is 11.6 Å². The number of rotatable bonds is 2. The molecule has 0 saturated carbocycles. The van der Waals surface area contributed by atoms with Gasteiger partial charge >= 0.3 is 0 Å². The standard InChI is InChI=1S/C8H12ClF2NO/c9-4-7(13)12-3-1-2-6(5-12)8(10)11/h6,8H,1-5H2/t6-/m0/s1. The second kappa shape index (κ2) is 4.74. The molecule has 0 aliphatic carbocycles. The topological polar surface area (TPSA) is 20.3 Å². The number of carbonyl (C=O) groups excluding carboxylic acids is 1. The van der Waals surface area contributed by atoms with E-state index in [1.54, 1.807) is 0 Å². The molecular weight excluding hydrogens is 200 g/mol. The van der Waals surface area contributed by atoms with Crippen LogP contribution in [0.25, 0.3) is 0 Å². The minimum atomic E-state index is -2.33. The fraction of sp³-hybridized carbons (Fsp3) is 0.875. The number of halogens is 3. The van der Waals surface area contributed by atoms with Crippen LogP contribution in [0, 0.1) is 5.92 Å². The molecule has 1 amide bonds. The summed E-state index contributed by atoms with van der Waals surface area (Å²) in [4.78, 5) is 12.5. The Bertz CT molecular complexity index is 189. The maximum Gasteiger partial charge on any atom is 0.243 e. The zero-order valence-electron chi connectivity index (χ0n) is 7.18. The molecule has 0 spiro atoms. The summed E-state index contributed by atoms with van der Waals surface area (Å²) in [6.45, 7) is 0.720. The molecule has 1 saturated heterocycles. The zero-order chi connectivity index (χ0) is 9.84. The summed E-state index contributed by atoms with van der Waals surface area (Å²) in [5.74, 6) is -1.02. The molecule has 0 unspecified atom stereocenters. The van der Waals surface area contributed by atoms with E-state index in [0.29, 0.717) is 19.4 Å². The van der Waals surface area contributed by atoms with Crippen LogP contribution >= 0.6 is 11.6 Å². The first-order chi connectivity index (χ1) is 6.15. The summed E-state index contributed by atoms with van der Waals surface area (Å²) < 4.78 is 24.6. The van der Waals surface area contributed by atoms with Crippen molar-refractivity contribution < 1.29 is 13.6 Å². The summed E-state index contributed by atoms with van der Waals surface area (Å²) in [6.07, 6.45) is -1.17. The third kappa shape index (κ3) is 2.79. The second-order valence-corrected chi connectivity index (χ2v) is 3.48. The monoisotopic (exact) mass is 211 g/mol. The average Bonchev–Trinajstić information content (AvgIpc) is 2.17. The SMILES string of the molecule is O=C(CCl)N1CCC[C@H](C(F)F)C1. The van der Waals surface area contributed by atoms with Crippen molar-refractivity contribution in [3.63, 3.8) is 0 Å². The Balaban J connectivity index is 2.46. The molecular formula is C8H12ClF2NO. The minimum Gasteiger partial charge on any atom is -0.341 e. The molecule has 0 aromatic carbocycles. The lowest BCUT2D eigenvalue weighted by Crippen LogP contribution is -2.42. The van der Waals surface area contributed by atoms with E-state index in [-0.39, 0.29) is 18.3 Å². The van der Waals surface area contributed by atoms with Gasteiger partial charge in [0.1, 0.15) is 5.88 Å². The van der Waals surface area contributed by atoms with Gasteiger partial charge in [0.05, 0.1) is 0 Å². The predicted molar refractivity (Wildman–Crippen MR) is 46.0 cm³/mol. The summed E-state index contributed by atoms with van der Waals surface area (Å²) in [7, 11) is 0. The zero-order valence-corrected chi connectivity index (χ0v) is 7.94. The number of piperidine rings is 1. The molecule has 2 nitrogen and oxygen atoms in total. The van der Waals surface area contributed by atoms with E-state index in [1.807, 2.05) is 0 Å². The smallest absolute Gasteiger partial charge is 0.243 e. The predicted octanol–water partition coefficient (Wildman–Crippen LogP) is 1.73. The van der Waals surface area contributed by atoms with E-state index in [2.05, 4.69) is 0 Å². The second-order valence-electron chi connectivity index (χ2n) is 3.21.